The van der Waals surface area contributed by atoms with Crippen LogP contribution in [0.2, 0.25) is 0 Å². The molecule has 88 valence electrons. The molecule has 3 nitrogen and oxygen atoms in total. The molecule has 4 heteroatoms. The second-order valence-electron chi connectivity index (χ2n) is 3.97. The molecule has 0 amide bonds. The molecule has 0 bridgehead atoms. The van der Waals surface area contributed by atoms with Crippen molar-refractivity contribution >= 4 is 18.5 Å². The minimum absolute atomic E-state index is 0.0226. The van der Waals surface area contributed by atoms with Crippen LogP contribution in [0, 0.1) is 5.92 Å². The lowest BCUT2D eigenvalue weighted by Gasteiger charge is -2.16. The standard InChI is InChI=1S/C12H17O3P/c1-10(2)12(13)9-16(14,15-3)11-7-5-4-6-8-11/h4-8,10H,9H2,1-3H3. The van der Waals surface area contributed by atoms with Crippen molar-refractivity contribution in [3.8, 4) is 0 Å². The summed E-state index contributed by atoms with van der Waals surface area (Å²) < 4.78 is 17.5. The molecule has 0 N–H and O–H groups in total. The summed E-state index contributed by atoms with van der Waals surface area (Å²) in [5.74, 6) is -0.152. The molecule has 1 aromatic rings. The van der Waals surface area contributed by atoms with Crippen molar-refractivity contribution in [2.45, 2.75) is 13.8 Å². The summed E-state index contributed by atoms with van der Waals surface area (Å²) in [5, 5.41) is 0.603. The molecule has 1 aromatic carbocycles. The van der Waals surface area contributed by atoms with Gasteiger partial charge in [0.2, 0.25) is 7.37 Å². The summed E-state index contributed by atoms with van der Waals surface area (Å²) in [6, 6.07) is 8.89. The third kappa shape index (κ3) is 3.03. The zero-order chi connectivity index (χ0) is 12.2. The van der Waals surface area contributed by atoms with Crippen molar-refractivity contribution in [3.05, 3.63) is 30.3 Å². The normalized spacial score (nSPS) is 14.8. The predicted octanol–water partition coefficient (Wildman–Crippen LogP) is 2.46. The number of carbonyl (C=O) groups excluding carboxylic acids is 1. The molecule has 0 fully saturated rings. The van der Waals surface area contributed by atoms with Crippen molar-refractivity contribution < 1.29 is 13.9 Å². The fraction of sp³-hybridized carbons (Fsp3) is 0.417. The van der Waals surface area contributed by atoms with Gasteiger partial charge in [0.1, 0.15) is 5.78 Å². The molecular formula is C12H17O3P. The highest BCUT2D eigenvalue weighted by Crippen LogP contribution is 2.44. The monoisotopic (exact) mass is 240 g/mol. The summed E-state index contributed by atoms with van der Waals surface area (Å²) in [7, 11) is -1.62. The second kappa shape index (κ2) is 5.42. The van der Waals surface area contributed by atoms with Gasteiger partial charge in [-0.1, -0.05) is 32.0 Å². The molecule has 0 aliphatic rings. The van der Waals surface area contributed by atoms with Crippen molar-refractivity contribution in [1.82, 2.24) is 0 Å². The third-order valence-electron chi connectivity index (χ3n) is 2.45. The van der Waals surface area contributed by atoms with Gasteiger partial charge in [-0.15, -0.1) is 0 Å². The molecule has 0 aliphatic heterocycles. The van der Waals surface area contributed by atoms with Crippen molar-refractivity contribution in [3.63, 3.8) is 0 Å². The molecule has 0 heterocycles. The first-order chi connectivity index (χ1) is 7.49. The van der Waals surface area contributed by atoms with Gasteiger partial charge < -0.3 is 4.52 Å². The van der Waals surface area contributed by atoms with Crippen molar-refractivity contribution in [2.75, 3.05) is 13.3 Å². The highest BCUT2D eigenvalue weighted by molar-refractivity contribution is 7.67. The lowest BCUT2D eigenvalue weighted by atomic mass is 10.1. The van der Waals surface area contributed by atoms with Gasteiger partial charge >= 0.3 is 0 Å². The zero-order valence-corrected chi connectivity index (χ0v) is 10.7. The number of carbonyl (C=O) groups is 1. The van der Waals surface area contributed by atoms with Gasteiger partial charge in [-0.05, 0) is 12.1 Å². The van der Waals surface area contributed by atoms with Gasteiger partial charge in [0.05, 0.1) is 6.16 Å². The average molecular weight is 240 g/mol. The van der Waals surface area contributed by atoms with Crippen LogP contribution in [-0.4, -0.2) is 19.1 Å². The first-order valence-electron chi connectivity index (χ1n) is 5.22. The van der Waals surface area contributed by atoms with E-state index in [-0.39, 0.29) is 17.9 Å². The van der Waals surface area contributed by atoms with E-state index in [2.05, 4.69) is 0 Å². The van der Waals surface area contributed by atoms with Crippen molar-refractivity contribution in [2.24, 2.45) is 5.92 Å². The van der Waals surface area contributed by atoms with E-state index in [1.54, 1.807) is 38.1 Å². The Balaban J connectivity index is 2.96. The van der Waals surface area contributed by atoms with E-state index in [0.717, 1.165) is 0 Å². The molecule has 0 saturated carbocycles. The predicted molar refractivity (Wildman–Crippen MR) is 65.4 cm³/mol. The molecule has 0 aromatic heterocycles. The van der Waals surface area contributed by atoms with E-state index < -0.39 is 7.37 Å². The van der Waals surface area contributed by atoms with Crippen LogP contribution in [0.5, 0.6) is 0 Å². The van der Waals surface area contributed by atoms with E-state index in [1.807, 2.05) is 6.07 Å². The number of ketones is 1. The minimum Gasteiger partial charge on any atom is -0.328 e. The topological polar surface area (TPSA) is 43.4 Å². The van der Waals surface area contributed by atoms with E-state index in [1.165, 1.54) is 7.11 Å². The maximum absolute atomic E-state index is 12.5. The highest BCUT2D eigenvalue weighted by atomic mass is 31.2. The molecule has 0 aliphatic carbocycles. The van der Waals surface area contributed by atoms with Gasteiger partial charge in [0.25, 0.3) is 0 Å². The fourth-order valence-corrected chi connectivity index (χ4v) is 3.23. The van der Waals surface area contributed by atoms with Crippen LogP contribution < -0.4 is 5.30 Å². The van der Waals surface area contributed by atoms with E-state index >= 15 is 0 Å². The number of rotatable bonds is 5. The Morgan fingerprint density at radius 2 is 1.88 bits per heavy atom. The lowest BCUT2D eigenvalue weighted by Crippen LogP contribution is -2.18. The Hall–Kier alpha value is -0.920. The summed E-state index contributed by atoms with van der Waals surface area (Å²) >= 11 is 0. The first kappa shape index (κ1) is 13.1. The van der Waals surface area contributed by atoms with Crippen LogP contribution in [0.1, 0.15) is 13.8 Å². The van der Waals surface area contributed by atoms with Crippen LogP contribution in [0.15, 0.2) is 30.3 Å². The number of Topliss-reactive ketones (excluding diaryl/α,β-unsaturated/α-hetero) is 1. The van der Waals surface area contributed by atoms with Gasteiger partial charge in [-0.2, -0.15) is 0 Å². The number of benzene rings is 1. The second-order valence-corrected chi connectivity index (χ2v) is 6.52. The van der Waals surface area contributed by atoms with E-state index in [0.29, 0.717) is 5.30 Å². The van der Waals surface area contributed by atoms with Gasteiger partial charge in [-0.25, -0.2) is 0 Å². The largest absolute Gasteiger partial charge is 0.328 e. The smallest absolute Gasteiger partial charge is 0.239 e. The number of hydrogen-bond acceptors (Lipinski definition) is 3. The molecule has 1 rings (SSSR count). The summed E-state index contributed by atoms with van der Waals surface area (Å²) in [6.45, 7) is 3.60. The maximum atomic E-state index is 12.5. The third-order valence-corrected chi connectivity index (χ3v) is 4.86. The van der Waals surface area contributed by atoms with Crippen LogP contribution in [0.3, 0.4) is 0 Å². The zero-order valence-electron chi connectivity index (χ0n) is 9.84. The Morgan fingerprint density at radius 1 is 1.31 bits per heavy atom. The minimum atomic E-state index is -3.01. The first-order valence-corrected chi connectivity index (χ1v) is 7.03. The molecule has 0 radical (unpaired) electrons. The van der Waals surface area contributed by atoms with E-state index in [9.17, 15) is 9.36 Å². The molecule has 16 heavy (non-hydrogen) atoms. The van der Waals surface area contributed by atoms with Gasteiger partial charge in [0, 0.05) is 18.3 Å². The molecular weight excluding hydrogens is 223 g/mol. The quantitative estimate of drug-likeness (QED) is 0.742. The Labute approximate surface area is 96.3 Å². The van der Waals surface area contributed by atoms with Crippen LogP contribution >= 0.6 is 7.37 Å². The van der Waals surface area contributed by atoms with E-state index in [4.69, 9.17) is 4.52 Å². The van der Waals surface area contributed by atoms with Gasteiger partial charge in [-0.3, -0.25) is 9.36 Å². The lowest BCUT2D eigenvalue weighted by molar-refractivity contribution is -0.119. The Kier molecular flexibility index (Phi) is 4.45. The SMILES string of the molecule is COP(=O)(CC(=O)C(C)C)c1ccccc1. The van der Waals surface area contributed by atoms with Crippen molar-refractivity contribution in [1.29, 1.82) is 0 Å². The molecule has 0 saturated heterocycles. The molecule has 1 atom stereocenters. The van der Waals surface area contributed by atoms with Gasteiger partial charge in [0.15, 0.2) is 0 Å². The average Bonchev–Trinajstić information content (AvgIpc) is 2.29. The Bertz CT molecular complexity index is 398. The van der Waals surface area contributed by atoms with Crippen LogP contribution in [0.25, 0.3) is 0 Å². The Morgan fingerprint density at radius 3 is 2.31 bits per heavy atom. The fourth-order valence-electron chi connectivity index (χ4n) is 1.30. The van der Waals surface area contributed by atoms with Crippen LogP contribution in [-0.2, 0) is 13.9 Å². The number of hydrogen-bond donors (Lipinski definition) is 0. The summed E-state index contributed by atoms with van der Waals surface area (Å²) in [4.78, 5) is 11.6. The highest BCUT2D eigenvalue weighted by Gasteiger charge is 2.28. The molecule has 0 spiro atoms. The summed E-state index contributed by atoms with van der Waals surface area (Å²) in [5.41, 5.74) is 0. The van der Waals surface area contributed by atoms with Crippen LogP contribution in [0.4, 0.5) is 0 Å². The molecule has 1 unspecified atom stereocenters. The summed E-state index contributed by atoms with van der Waals surface area (Å²) in [6.07, 6.45) is -0.0226. The maximum Gasteiger partial charge on any atom is 0.239 e.